The molecule has 0 fully saturated rings. The average Bonchev–Trinajstić information content (AvgIpc) is 2.43. The van der Waals surface area contributed by atoms with Crippen LogP contribution in [0, 0.1) is 0 Å². The zero-order chi connectivity index (χ0) is 17.2. The van der Waals surface area contributed by atoms with Crippen LogP contribution in [0.5, 0.6) is 11.5 Å². The molecule has 1 aromatic carbocycles. The Labute approximate surface area is 136 Å². The molecule has 126 valence electrons. The summed E-state index contributed by atoms with van der Waals surface area (Å²) in [4.78, 5) is 25.9. The maximum atomic E-state index is 12.6. The number of likely N-dealkylation sites (N-methyl/N-ethyl adjacent to an activating group) is 1. The molecule has 1 aliphatic heterocycles. The van der Waals surface area contributed by atoms with Gasteiger partial charge >= 0.3 is 0 Å². The number of carbonyl (C=O) groups is 2. The quantitative estimate of drug-likeness (QED) is 0.918. The summed E-state index contributed by atoms with van der Waals surface area (Å²) in [5, 5.41) is 2.83. The molecule has 0 aliphatic carbocycles. The first-order valence-corrected chi connectivity index (χ1v) is 7.66. The summed E-state index contributed by atoms with van der Waals surface area (Å²) >= 11 is 0. The molecule has 1 aromatic rings. The molecule has 2 rings (SSSR count). The molecule has 0 saturated heterocycles. The van der Waals surface area contributed by atoms with E-state index in [-0.39, 0.29) is 23.9 Å². The highest BCUT2D eigenvalue weighted by molar-refractivity contribution is 5.87. The van der Waals surface area contributed by atoms with Crippen molar-refractivity contribution in [1.82, 2.24) is 10.2 Å². The van der Waals surface area contributed by atoms with Crippen molar-refractivity contribution in [3.63, 3.8) is 0 Å². The lowest BCUT2D eigenvalue weighted by atomic mass is 10.1. The van der Waals surface area contributed by atoms with Crippen molar-refractivity contribution in [2.75, 3.05) is 13.6 Å². The molecule has 6 heteroatoms. The first kappa shape index (κ1) is 17.1. The van der Waals surface area contributed by atoms with Gasteiger partial charge in [-0.15, -0.1) is 0 Å². The molecule has 2 amide bonds. The van der Waals surface area contributed by atoms with Gasteiger partial charge in [-0.2, -0.15) is 0 Å². The van der Waals surface area contributed by atoms with Crippen LogP contribution >= 0.6 is 0 Å². The van der Waals surface area contributed by atoms with Crippen LogP contribution in [0.4, 0.5) is 0 Å². The van der Waals surface area contributed by atoms with Gasteiger partial charge in [0, 0.05) is 12.6 Å². The van der Waals surface area contributed by atoms with Crippen LogP contribution < -0.4 is 14.8 Å². The van der Waals surface area contributed by atoms with E-state index >= 15 is 0 Å². The highest BCUT2D eigenvalue weighted by Crippen LogP contribution is 2.33. The lowest BCUT2D eigenvalue weighted by Gasteiger charge is -2.33. The Balaban J connectivity index is 2.01. The van der Waals surface area contributed by atoms with E-state index in [1.165, 1.54) is 4.90 Å². The van der Waals surface area contributed by atoms with Gasteiger partial charge in [0.25, 0.3) is 5.91 Å². The second-order valence-electron chi connectivity index (χ2n) is 6.80. The van der Waals surface area contributed by atoms with Crippen molar-refractivity contribution in [1.29, 1.82) is 0 Å². The topological polar surface area (TPSA) is 67.9 Å². The van der Waals surface area contributed by atoms with Gasteiger partial charge in [-0.1, -0.05) is 12.1 Å². The number of rotatable bonds is 3. The lowest BCUT2D eigenvalue weighted by molar-refractivity contribution is -0.145. The van der Waals surface area contributed by atoms with Gasteiger partial charge in [0.1, 0.15) is 6.10 Å². The van der Waals surface area contributed by atoms with E-state index in [2.05, 4.69) is 5.32 Å². The van der Waals surface area contributed by atoms with E-state index in [9.17, 15) is 9.59 Å². The summed E-state index contributed by atoms with van der Waals surface area (Å²) in [5.74, 6) is 0.669. The third-order valence-corrected chi connectivity index (χ3v) is 3.36. The third-order valence-electron chi connectivity index (χ3n) is 3.36. The van der Waals surface area contributed by atoms with Crippen molar-refractivity contribution in [3.05, 3.63) is 24.3 Å². The van der Waals surface area contributed by atoms with E-state index < -0.39 is 12.2 Å². The standard InChI is InChI=1S/C17H24N2O4/c1-11-15(23-13-9-7-6-8-12(13)22-11)16(21)19(5)10-14(20)18-17(2,3)4/h6-9,11,15H,10H2,1-5H3,(H,18,20)/t11-,15-/m0/s1. The fourth-order valence-electron chi connectivity index (χ4n) is 2.36. The number of para-hydroxylation sites is 2. The Morgan fingerprint density at radius 1 is 1.17 bits per heavy atom. The molecular formula is C17H24N2O4. The minimum absolute atomic E-state index is 0.0235. The summed E-state index contributed by atoms with van der Waals surface area (Å²) in [6.07, 6.45) is -1.19. The highest BCUT2D eigenvalue weighted by atomic mass is 16.6. The normalized spacial score (nSPS) is 19.9. The number of amides is 2. The summed E-state index contributed by atoms with van der Waals surface area (Å²) in [6, 6.07) is 7.22. The highest BCUT2D eigenvalue weighted by Gasteiger charge is 2.36. The molecule has 1 heterocycles. The van der Waals surface area contributed by atoms with Crippen LogP contribution in [0.3, 0.4) is 0 Å². The molecule has 0 unspecified atom stereocenters. The minimum atomic E-state index is -0.766. The van der Waals surface area contributed by atoms with Gasteiger partial charge in [0.05, 0.1) is 6.54 Å². The number of hydrogen-bond donors (Lipinski definition) is 1. The van der Waals surface area contributed by atoms with Crippen molar-refractivity contribution < 1.29 is 19.1 Å². The maximum absolute atomic E-state index is 12.6. The van der Waals surface area contributed by atoms with E-state index in [0.717, 1.165) is 0 Å². The predicted molar refractivity (Wildman–Crippen MR) is 86.5 cm³/mol. The van der Waals surface area contributed by atoms with Crippen LogP contribution in [0.25, 0.3) is 0 Å². The summed E-state index contributed by atoms with van der Waals surface area (Å²) in [5.41, 5.74) is -0.336. The van der Waals surface area contributed by atoms with E-state index in [4.69, 9.17) is 9.47 Å². The first-order chi connectivity index (χ1) is 10.7. The number of nitrogens with zero attached hydrogens (tertiary/aromatic N) is 1. The molecule has 1 aliphatic rings. The van der Waals surface area contributed by atoms with Gasteiger partial charge in [0.2, 0.25) is 12.0 Å². The molecule has 2 atom stereocenters. The fourth-order valence-corrected chi connectivity index (χ4v) is 2.36. The number of hydrogen-bond acceptors (Lipinski definition) is 4. The molecular weight excluding hydrogens is 296 g/mol. The summed E-state index contributed by atoms with van der Waals surface area (Å²) in [7, 11) is 1.58. The smallest absolute Gasteiger partial charge is 0.267 e. The lowest BCUT2D eigenvalue weighted by Crippen LogP contribution is -2.52. The Hall–Kier alpha value is -2.24. The van der Waals surface area contributed by atoms with Crippen LogP contribution in [0.15, 0.2) is 24.3 Å². The molecule has 0 saturated carbocycles. The average molecular weight is 320 g/mol. The zero-order valence-electron chi connectivity index (χ0n) is 14.3. The monoisotopic (exact) mass is 320 g/mol. The zero-order valence-corrected chi connectivity index (χ0v) is 14.3. The third kappa shape index (κ3) is 4.37. The maximum Gasteiger partial charge on any atom is 0.267 e. The number of fused-ring (bicyclic) bond motifs is 1. The molecule has 6 nitrogen and oxygen atoms in total. The summed E-state index contributed by atoms with van der Waals surface area (Å²) < 4.78 is 11.5. The van der Waals surface area contributed by atoms with Crippen molar-refractivity contribution >= 4 is 11.8 Å². The largest absolute Gasteiger partial charge is 0.482 e. The number of carbonyl (C=O) groups excluding carboxylic acids is 2. The predicted octanol–water partition coefficient (Wildman–Crippen LogP) is 1.59. The van der Waals surface area contributed by atoms with Gasteiger partial charge in [0.15, 0.2) is 11.5 Å². The Morgan fingerprint density at radius 3 is 2.30 bits per heavy atom. The van der Waals surface area contributed by atoms with Crippen molar-refractivity contribution in [2.45, 2.75) is 45.4 Å². The van der Waals surface area contributed by atoms with E-state index in [1.807, 2.05) is 32.9 Å². The van der Waals surface area contributed by atoms with E-state index in [0.29, 0.717) is 11.5 Å². The van der Waals surface area contributed by atoms with Crippen molar-refractivity contribution in [3.8, 4) is 11.5 Å². The molecule has 0 radical (unpaired) electrons. The second kappa shape index (κ2) is 6.48. The number of ether oxygens (including phenoxy) is 2. The van der Waals surface area contributed by atoms with Gasteiger partial charge in [-0.05, 0) is 39.8 Å². The minimum Gasteiger partial charge on any atom is -0.482 e. The fraction of sp³-hybridized carbons (Fsp3) is 0.529. The Bertz CT molecular complexity index is 595. The first-order valence-electron chi connectivity index (χ1n) is 7.66. The Kier molecular flexibility index (Phi) is 4.82. The van der Waals surface area contributed by atoms with E-state index in [1.54, 1.807) is 26.1 Å². The SMILES string of the molecule is C[C@@H]1Oc2ccccc2O[C@@H]1C(=O)N(C)CC(=O)NC(C)(C)C. The molecule has 23 heavy (non-hydrogen) atoms. The Morgan fingerprint density at radius 2 is 1.74 bits per heavy atom. The van der Waals surface area contributed by atoms with Crippen LogP contribution in [0.1, 0.15) is 27.7 Å². The second-order valence-corrected chi connectivity index (χ2v) is 6.80. The molecule has 0 spiro atoms. The molecule has 0 bridgehead atoms. The molecule has 1 N–H and O–H groups in total. The van der Waals surface area contributed by atoms with Gasteiger partial charge in [-0.3, -0.25) is 9.59 Å². The van der Waals surface area contributed by atoms with Crippen molar-refractivity contribution in [2.24, 2.45) is 0 Å². The number of nitrogens with one attached hydrogen (secondary N) is 1. The van der Waals surface area contributed by atoms with Crippen LogP contribution in [-0.2, 0) is 9.59 Å². The molecule has 0 aromatic heterocycles. The van der Waals surface area contributed by atoms with Crippen LogP contribution in [-0.4, -0.2) is 48.1 Å². The number of benzene rings is 1. The summed E-state index contributed by atoms with van der Waals surface area (Å²) in [6.45, 7) is 7.43. The van der Waals surface area contributed by atoms with Crippen LogP contribution in [0.2, 0.25) is 0 Å². The van der Waals surface area contributed by atoms with Gasteiger partial charge in [-0.25, -0.2) is 0 Å². The van der Waals surface area contributed by atoms with Gasteiger partial charge < -0.3 is 19.7 Å².